The molecule has 1 aliphatic rings. The zero-order chi connectivity index (χ0) is 24.0. The summed E-state index contributed by atoms with van der Waals surface area (Å²) in [6.45, 7) is 6.07. The van der Waals surface area contributed by atoms with Crippen LogP contribution in [-0.2, 0) is 18.3 Å². The van der Waals surface area contributed by atoms with Gasteiger partial charge in [-0.1, -0.05) is 12.1 Å². The van der Waals surface area contributed by atoms with Crippen LogP contribution in [0.2, 0.25) is 0 Å². The van der Waals surface area contributed by atoms with E-state index in [0.717, 1.165) is 35.5 Å². The van der Waals surface area contributed by atoms with Crippen molar-refractivity contribution in [3.8, 4) is 11.5 Å². The first-order valence-electron chi connectivity index (χ1n) is 11.7. The number of aromatic nitrogens is 3. The van der Waals surface area contributed by atoms with E-state index in [9.17, 15) is 9.59 Å². The number of benzene rings is 2. The smallest absolute Gasteiger partial charge is 0.404 e. The summed E-state index contributed by atoms with van der Waals surface area (Å²) in [4.78, 5) is 31.0. The zero-order valence-corrected chi connectivity index (χ0v) is 19.7. The monoisotopic (exact) mass is 459 g/mol. The largest absolute Gasteiger partial charge is 0.445 e. The molecule has 176 valence electrons. The van der Waals surface area contributed by atoms with Crippen molar-refractivity contribution in [1.82, 2.24) is 19.0 Å². The highest BCUT2D eigenvalue weighted by atomic mass is 16.6. The Hall–Kier alpha value is -3.81. The van der Waals surface area contributed by atoms with Gasteiger partial charge in [0.1, 0.15) is 6.10 Å². The van der Waals surface area contributed by atoms with Crippen LogP contribution >= 0.6 is 0 Å². The molecule has 34 heavy (non-hydrogen) atoms. The maximum Gasteiger partial charge on any atom is 0.404 e. The molecular formula is C26H29N5O3. The number of primary amides is 1. The molecular weight excluding hydrogens is 430 g/mol. The highest BCUT2D eigenvalue weighted by Crippen LogP contribution is 2.32. The van der Waals surface area contributed by atoms with Crippen molar-refractivity contribution < 1.29 is 14.3 Å². The molecule has 4 aromatic rings. The van der Waals surface area contributed by atoms with Gasteiger partial charge < -0.3 is 24.5 Å². The van der Waals surface area contributed by atoms with E-state index in [-0.39, 0.29) is 12.0 Å². The van der Waals surface area contributed by atoms with Crippen LogP contribution in [0.3, 0.4) is 0 Å². The van der Waals surface area contributed by atoms with Gasteiger partial charge in [-0.2, -0.15) is 0 Å². The molecule has 0 saturated carbocycles. The van der Waals surface area contributed by atoms with Crippen molar-refractivity contribution >= 4 is 33.9 Å². The quantitative estimate of drug-likeness (QED) is 0.494. The number of fused-ring (bicyclic) bond motifs is 2. The average Bonchev–Trinajstić information content (AvgIpc) is 3.36. The summed E-state index contributed by atoms with van der Waals surface area (Å²) in [5, 5.41) is 1.22. The van der Waals surface area contributed by atoms with E-state index < -0.39 is 6.09 Å². The number of carbonyl (C=O) groups excluding carboxylic acids is 2. The van der Waals surface area contributed by atoms with Crippen molar-refractivity contribution in [2.75, 3.05) is 13.1 Å². The van der Waals surface area contributed by atoms with Crippen LogP contribution in [0.5, 0.6) is 0 Å². The van der Waals surface area contributed by atoms with E-state index in [1.165, 1.54) is 16.5 Å². The van der Waals surface area contributed by atoms with Crippen LogP contribution in [0.25, 0.3) is 33.5 Å². The number of carbonyl (C=O) groups is 2. The number of hydrogen-bond donors (Lipinski definition) is 1. The van der Waals surface area contributed by atoms with Crippen molar-refractivity contribution in [2.45, 2.75) is 39.3 Å². The lowest BCUT2D eigenvalue weighted by Crippen LogP contribution is -2.44. The third kappa shape index (κ3) is 3.69. The van der Waals surface area contributed by atoms with E-state index >= 15 is 0 Å². The summed E-state index contributed by atoms with van der Waals surface area (Å²) in [7, 11) is 2.01. The number of amides is 2. The number of nitrogens with two attached hydrogens (primary N) is 1. The normalized spacial score (nSPS) is 16.3. The lowest BCUT2D eigenvalue weighted by molar-refractivity contribution is 0.0373. The van der Waals surface area contributed by atoms with Gasteiger partial charge in [0.15, 0.2) is 5.82 Å². The van der Waals surface area contributed by atoms with Crippen molar-refractivity contribution in [1.29, 1.82) is 0 Å². The fourth-order valence-electron chi connectivity index (χ4n) is 5.09. The van der Waals surface area contributed by atoms with E-state index in [0.29, 0.717) is 25.1 Å². The molecule has 0 bridgehead atoms. The lowest BCUT2D eigenvalue weighted by atomic mass is 10.1. The molecule has 0 spiro atoms. The highest BCUT2D eigenvalue weighted by Gasteiger charge is 2.27. The topological polar surface area (TPSA) is 95.4 Å². The van der Waals surface area contributed by atoms with Gasteiger partial charge in [0.25, 0.3) is 5.91 Å². The molecule has 0 radical (unpaired) electrons. The Bertz CT molecular complexity index is 1420. The number of rotatable bonds is 4. The molecule has 2 N–H and O–H groups in total. The van der Waals surface area contributed by atoms with Crippen LogP contribution in [0.15, 0.2) is 42.5 Å². The van der Waals surface area contributed by atoms with Gasteiger partial charge in [0.2, 0.25) is 0 Å². The molecule has 0 aliphatic carbocycles. The molecule has 5 rings (SSSR count). The van der Waals surface area contributed by atoms with Crippen LogP contribution in [0.4, 0.5) is 4.79 Å². The molecule has 1 atom stereocenters. The molecule has 1 aliphatic heterocycles. The van der Waals surface area contributed by atoms with E-state index in [1.807, 2.05) is 25.2 Å². The van der Waals surface area contributed by atoms with Crippen LogP contribution in [0, 0.1) is 6.92 Å². The lowest BCUT2D eigenvalue weighted by Gasteiger charge is -2.32. The summed E-state index contributed by atoms with van der Waals surface area (Å²) in [5.74, 6) is 0.773. The Morgan fingerprint density at radius 1 is 1.18 bits per heavy atom. The van der Waals surface area contributed by atoms with Gasteiger partial charge in [-0.15, -0.1) is 0 Å². The molecule has 1 saturated heterocycles. The molecule has 3 heterocycles. The maximum atomic E-state index is 13.2. The Labute approximate surface area is 197 Å². The average molecular weight is 460 g/mol. The predicted molar refractivity (Wildman–Crippen MR) is 132 cm³/mol. The Balaban J connectivity index is 1.51. The van der Waals surface area contributed by atoms with Gasteiger partial charge in [0.05, 0.1) is 23.3 Å². The second-order valence-corrected chi connectivity index (χ2v) is 8.93. The second kappa shape index (κ2) is 8.52. The van der Waals surface area contributed by atoms with Gasteiger partial charge >= 0.3 is 6.09 Å². The molecule has 2 amide bonds. The van der Waals surface area contributed by atoms with Gasteiger partial charge in [-0.05, 0) is 62.6 Å². The minimum absolute atomic E-state index is 0.0924. The minimum atomic E-state index is -0.804. The Kier molecular flexibility index (Phi) is 5.51. The number of aryl methyl sites for hydroxylation is 3. The molecule has 8 heteroatoms. The molecule has 2 aromatic carbocycles. The number of likely N-dealkylation sites (tertiary alicyclic amines) is 1. The molecule has 1 unspecified atom stereocenters. The maximum absolute atomic E-state index is 13.2. The third-order valence-electron chi connectivity index (χ3n) is 6.79. The number of imidazole rings is 1. The third-order valence-corrected chi connectivity index (χ3v) is 6.79. The molecule has 8 nitrogen and oxygen atoms in total. The summed E-state index contributed by atoms with van der Waals surface area (Å²) in [6, 6.07) is 14.2. The molecule has 2 aromatic heterocycles. The first-order chi connectivity index (χ1) is 16.4. The first kappa shape index (κ1) is 22.0. The van der Waals surface area contributed by atoms with E-state index in [1.54, 1.807) is 4.90 Å². The summed E-state index contributed by atoms with van der Waals surface area (Å²) >= 11 is 0. The van der Waals surface area contributed by atoms with Crippen molar-refractivity contribution in [3.63, 3.8) is 0 Å². The predicted octanol–water partition coefficient (Wildman–Crippen LogP) is 4.22. The zero-order valence-electron chi connectivity index (χ0n) is 19.7. The van der Waals surface area contributed by atoms with Crippen molar-refractivity contribution in [2.24, 2.45) is 12.8 Å². The summed E-state index contributed by atoms with van der Waals surface area (Å²) in [5.41, 5.74) is 11.0. The summed E-state index contributed by atoms with van der Waals surface area (Å²) < 4.78 is 9.49. The van der Waals surface area contributed by atoms with Crippen molar-refractivity contribution in [3.05, 3.63) is 53.6 Å². The number of nitrogens with zero attached hydrogens (tertiary/aromatic N) is 4. The first-order valence-corrected chi connectivity index (χ1v) is 11.7. The second-order valence-electron chi connectivity index (χ2n) is 8.93. The number of ether oxygens (including phenoxy) is 1. The standard InChI is InChI=1S/C26H29N5O3/c1-4-31-21-9-5-7-16(2)19(21)14-23(31)24-28-20-13-17(10-11-22(20)29(24)3)25(32)30-12-6-8-18(15-30)34-26(27)33/h5,7,9-11,13-14,18H,4,6,8,12,15H2,1-3H3,(H2,27,33). The Morgan fingerprint density at radius 2 is 2.00 bits per heavy atom. The SMILES string of the molecule is CCn1c(-c2nc3cc(C(=O)N4CCCC(OC(N)=O)C4)ccc3n2C)cc2c(C)cccc21. The summed E-state index contributed by atoms with van der Waals surface area (Å²) in [6.07, 6.45) is 0.308. The van der Waals surface area contributed by atoms with Gasteiger partial charge in [-0.25, -0.2) is 9.78 Å². The van der Waals surface area contributed by atoms with Crippen LogP contribution in [-0.4, -0.2) is 50.2 Å². The Morgan fingerprint density at radius 3 is 2.76 bits per heavy atom. The minimum Gasteiger partial charge on any atom is -0.445 e. The highest BCUT2D eigenvalue weighted by molar-refractivity contribution is 5.98. The number of piperidine rings is 1. The van der Waals surface area contributed by atoms with E-state index in [4.69, 9.17) is 15.5 Å². The van der Waals surface area contributed by atoms with Gasteiger partial charge in [0, 0.05) is 36.6 Å². The number of hydrogen-bond acceptors (Lipinski definition) is 4. The molecule has 1 fully saturated rings. The van der Waals surface area contributed by atoms with Crippen LogP contribution < -0.4 is 5.73 Å². The van der Waals surface area contributed by atoms with Gasteiger partial charge in [-0.3, -0.25) is 4.79 Å². The van der Waals surface area contributed by atoms with Crippen LogP contribution in [0.1, 0.15) is 35.7 Å². The van der Waals surface area contributed by atoms with E-state index in [2.05, 4.69) is 47.2 Å². The fourth-order valence-corrected chi connectivity index (χ4v) is 5.09. The fraction of sp³-hybridized carbons (Fsp3) is 0.346.